The number of nitrogens with zero attached hydrogens (tertiary/aromatic N) is 1. The first-order valence-electron chi connectivity index (χ1n) is 8.26. The fourth-order valence-corrected chi connectivity index (χ4v) is 2.53. The molecule has 1 rings (SSSR count). The molecule has 0 fully saturated rings. The molecule has 0 saturated carbocycles. The zero-order valence-corrected chi connectivity index (χ0v) is 14.4. The van der Waals surface area contributed by atoms with E-state index < -0.39 is 0 Å². The third kappa shape index (κ3) is 5.68. The second kappa shape index (κ2) is 9.80. The molecule has 0 heterocycles. The van der Waals surface area contributed by atoms with Crippen molar-refractivity contribution in [1.29, 1.82) is 0 Å². The van der Waals surface area contributed by atoms with Crippen molar-refractivity contribution in [2.24, 2.45) is 0 Å². The van der Waals surface area contributed by atoms with Crippen molar-refractivity contribution < 1.29 is 4.74 Å². The zero-order chi connectivity index (χ0) is 15.7. The lowest BCUT2D eigenvalue weighted by atomic mass is 10.1. The van der Waals surface area contributed by atoms with Crippen LogP contribution in [-0.2, 0) is 13.1 Å². The summed E-state index contributed by atoms with van der Waals surface area (Å²) in [5, 5.41) is 3.46. The molecule has 3 nitrogen and oxygen atoms in total. The van der Waals surface area contributed by atoms with E-state index in [4.69, 9.17) is 4.74 Å². The lowest BCUT2D eigenvalue weighted by Crippen LogP contribution is -2.32. The van der Waals surface area contributed by atoms with Gasteiger partial charge in [0.15, 0.2) is 0 Å². The van der Waals surface area contributed by atoms with Gasteiger partial charge in [0.1, 0.15) is 5.75 Å². The lowest BCUT2D eigenvalue weighted by Gasteiger charge is -2.27. The highest BCUT2D eigenvalue weighted by molar-refractivity contribution is 5.37. The molecule has 1 aromatic rings. The molecule has 0 aliphatic carbocycles. The van der Waals surface area contributed by atoms with Crippen LogP contribution in [0.5, 0.6) is 5.75 Å². The van der Waals surface area contributed by atoms with Crippen LogP contribution in [0.1, 0.15) is 51.7 Å². The number of ether oxygens (including phenoxy) is 1. The molecule has 0 spiro atoms. The number of nitrogens with one attached hydrogen (secondary N) is 1. The lowest BCUT2D eigenvalue weighted by molar-refractivity contribution is 0.203. The smallest absolute Gasteiger partial charge is 0.123 e. The maximum atomic E-state index is 5.54. The topological polar surface area (TPSA) is 24.5 Å². The summed E-state index contributed by atoms with van der Waals surface area (Å²) in [5.74, 6) is 0.996. The molecule has 0 aliphatic rings. The summed E-state index contributed by atoms with van der Waals surface area (Å²) in [5.41, 5.74) is 2.62. The summed E-state index contributed by atoms with van der Waals surface area (Å²) in [6.45, 7) is 13.0. The van der Waals surface area contributed by atoms with Crippen LogP contribution in [0.15, 0.2) is 18.2 Å². The number of rotatable bonds is 10. The molecular formula is C18H32N2O. The molecule has 1 aromatic carbocycles. The highest BCUT2D eigenvalue weighted by Gasteiger charge is 2.13. The maximum Gasteiger partial charge on any atom is 0.123 e. The summed E-state index contributed by atoms with van der Waals surface area (Å²) in [7, 11) is 1.76. The fourth-order valence-electron chi connectivity index (χ4n) is 2.53. The van der Waals surface area contributed by atoms with Gasteiger partial charge in [0, 0.05) is 24.7 Å². The first kappa shape index (κ1) is 18.0. The molecular weight excluding hydrogens is 260 g/mol. The summed E-state index contributed by atoms with van der Waals surface area (Å²) in [6, 6.07) is 7.14. The molecule has 1 N–H and O–H groups in total. The van der Waals surface area contributed by atoms with Gasteiger partial charge in [-0.2, -0.15) is 0 Å². The van der Waals surface area contributed by atoms with Gasteiger partial charge >= 0.3 is 0 Å². The molecule has 0 amide bonds. The van der Waals surface area contributed by atoms with Gasteiger partial charge in [0.2, 0.25) is 0 Å². The normalized spacial score (nSPS) is 12.7. The summed E-state index contributed by atoms with van der Waals surface area (Å²) >= 11 is 0. The first-order chi connectivity index (χ1) is 10.2. The van der Waals surface area contributed by atoms with Crippen molar-refractivity contribution in [3.63, 3.8) is 0 Å². The predicted octanol–water partition coefficient (Wildman–Crippen LogP) is 3.82. The summed E-state index contributed by atoms with van der Waals surface area (Å²) in [4.78, 5) is 2.50. The van der Waals surface area contributed by atoms with E-state index in [1.54, 1.807) is 7.11 Å². The highest BCUT2D eigenvalue weighted by atomic mass is 16.5. The molecule has 21 heavy (non-hydrogen) atoms. The van der Waals surface area contributed by atoms with Crippen molar-refractivity contribution in [3.8, 4) is 5.75 Å². The molecule has 0 aliphatic heterocycles. The third-order valence-corrected chi connectivity index (χ3v) is 4.09. The van der Waals surface area contributed by atoms with Crippen LogP contribution in [0, 0.1) is 0 Å². The number of hydrogen-bond acceptors (Lipinski definition) is 3. The van der Waals surface area contributed by atoms with Crippen molar-refractivity contribution in [2.45, 2.75) is 59.7 Å². The van der Waals surface area contributed by atoms with Gasteiger partial charge in [-0.3, -0.25) is 4.90 Å². The van der Waals surface area contributed by atoms with E-state index >= 15 is 0 Å². The standard InChI is InChI=1S/C18H32N2O/c1-6-11-19-13-16-9-10-18(21-5)17(12-16)14-20(8-3)15(4)7-2/h9-10,12,15,19H,6-8,11,13-14H2,1-5H3. The zero-order valence-electron chi connectivity index (χ0n) is 14.4. The minimum atomic E-state index is 0.599. The minimum absolute atomic E-state index is 0.599. The summed E-state index contributed by atoms with van der Waals surface area (Å²) in [6.07, 6.45) is 2.34. The second-order valence-corrected chi connectivity index (χ2v) is 5.64. The van der Waals surface area contributed by atoms with E-state index in [1.807, 2.05) is 0 Å². The van der Waals surface area contributed by atoms with Gasteiger partial charge in [-0.05, 0) is 50.6 Å². The van der Waals surface area contributed by atoms with E-state index in [1.165, 1.54) is 24.0 Å². The fraction of sp³-hybridized carbons (Fsp3) is 0.667. The van der Waals surface area contributed by atoms with Gasteiger partial charge in [-0.1, -0.05) is 26.8 Å². The van der Waals surface area contributed by atoms with Gasteiger partial charge in [0.25, 0.3) is 0 Å². The Bertz CT molecular complexity index is 406. The van der Waals surface area contributed by atoms with Gasteiger partial charge in [-0.15, -0.1) is 0 Å². The molecule has 0 aromatic heterocycles. The predicted molar refractivity (Wildman–Crippen MR) is 90.8 cm³/mol. The van der Waals surface area contributed by atoms with Crippen LogP contribution in [0.3, 0.4) is 0 Å². The van der Waals surface area contributed by atoms with Crippen molar-refractivity contribution in [1.82, 2.24) is 10.2 Å². The van der Waals surface area contributed by atoms with E-state index in [0.29, 0.717) is 6.04 Å². The van der Waals surface area contributed by atoms with E-state index in [0.717, 1.165) is 31.9 Å². The molecule has 120 valence electrons. The van der Waals surface area contributed by atoms with Crippen LogP contribution >= 0.6 is 0 Å². The van der Waals surface area contributed by atoms with E-state index in [-0.39, 0.29) is 0 Å². The molecule has 1 atom stereocenters. The Morgan fingerprint density at radius 1 is 1.24 bits per heavy atom. The molecule has 3 heteroatoms. The van der Waals surface area contributed by atoms with Crippen molar-refractivity contribution >= 4 is 0 Å². The quantitative estimate of drug-likeness (QED) is 0.664. The Balaban J connectivity index is 2.83. The maximum absolute atomic E-state index is 5.54. The molecule has 0 bridgehead atoms. The third-order valence-electron chi connectivity index (χ3n) is 4.09. The van der Waals surface area contributed by atoms with Crippen LogP contribution in [-0.4, -0.2) is 31.1 Å². The molecule has 0 radical (unpaired) electrons. The van der Waals surface area contributed by atoms with Crippen LogP contribution < -0.4 is 10.1 Å². The van der Waals surface area contributed by atoms with E-state index in [9.17, 15) is 0 Å². The molecule has 0 saturated heterocycles. The monoisotopic (exact) mass is 292 g/mol. The Labute approximate surface area is 130 Å². The summed E-state index contributed by atoms with van der Waals surface area (Å²) < 4.78 is 5.54. The Hall–Kier alpha value is -1.06. The molecule has 1 unspecified atom stereocenters. The SMILES string of the molecule is CCCNCc1ccc(OC)c(CN(CC)C(C)CC)c1. The van der Waals surface area contributed by atoms with Gasteiger partial charge in [0.05, 0.1) is 7.11 Å². The van der Waals surface area contributed by atoms with Crippen molar-refractivity contribution in [2.75, 3.05) is 20.2 Å². The Morgan fingerprint density at radius 3 is 2.57 bits per heavy atom. The number of hydrogen-bond donors (Lipinski definition) is 1. The highest BCUT2D eigenvalue weighted by Crippen LogP contribution is 2.23. The van der Waals surface area contributed by atoms with E-state index in [2.05, 4.69) is 56.1 Å². The van der Waals surface area contributed by atoms with Crippen LogP contribution in [0.25, 0.3) is 0 Å². The van der Waals surface area contributed by atoms with Crippen LogP contribution in [0.2, 0.25) is 0 Å². The average molecular weight is 292 g/mol. The average Bonchev–Trinajstić information content (AvgIpc) is 2.52. The Morgan fingerprint density at radius 2 is 2.00 bits per heavy atom. The minimum Gasteiger partial charge on any atom is -0.496 e. The van der Waals surface area contributed by atoms with Gasteiger partial charge in [-0.25, -0.2) is 0 Å². The second-order valence-electron chi connectivity index (χ2n) is 5.64. The first-order valence-corrected chi connectivity index (χ1v) is 8.26. The number of benzene rings is 1. The van der Waals surface area contributed by atoms with Gasteiger partial charge < -0.3 is 10.1 Å². The van der Waals surface area contributed by atoms with Crippen molar-refractivity contribution in [3.05, 3.63) is 29.3 Å². The largest absolute Gasteiger partial charge is 0.496 e. The Kier molecular flexibility index (Phi) is 8.40. The number of methoxy groups -OCH3 is 1. The van der Waals surface area contributed by atoms with Crippen LogP contribution in [0.4, 0.5) is 0 Å².